The van der Waals surface area contributed by atoms with Crippen LogP contribution in [0.15, 0.2) is 72.9 Å². The summed E-state index contributed by atoms with van der Waals surface area (Å²) in [5.41, 5.74) is 11.4. The first-order chi connectivity index (χ1) is 14.9. The van der Waals surface area contributed by atoms with E-state index in [1.165, 1.54) is 0 Å². The summed E-state index contributed by atoms with van der Waals surface area (Å²) >= 11 is 0. The lowest BCUT2D eigenvalue weighted by molar-refractivity contribution is 0.105. The molecule has 0 saturated carbocycles. The third kappa shape index (κ3) is 6.91. The fraction of sp³-hybridized carbons (Fsp3) is 0.280. The normalized spacial score (nSPS) is 13.9. The van der Waals surface area contributed by atoms with Gasteiger partial charge < -0.3 is 21.3 Å². The van der Waals surface area contributed by atoms with Gasteiger partial charge in [-0.3, -0.25) is 4.98 Å². The summed E-state index contributed by atoms with van der Waals surface area (Å²) in [7, 11) is 0. The Morgan fingerprint density at radius 2 is 1.68 bits per heavy atom. The minimum absolute atomic E-state index is 0.291. The van der Waals surface area contributed by atoms with Crippen LogP contribution < -0.4 is 11.1 Å². The second-order valence-electron chi connectivity index (χ2n) is 7.93. The molecule has 5 N–H and O–H groups in total. The molecule has 0 spiro atoms. The average molecular weight is 420 g/mol. The van der Waals surface area contributed by atoms with Crippen molar-refractivity contribution in [1.29, 1.82) is 0 Å². The van der Waals surface area contributed by atoms with Crippen molar-refractivity contribution in [3.63, 3.8) is 0 Å². The van der Waals surface area contributed by atoms with E-state index in [1.54, 1.807) is 0 Å². The van der Waals surface area contributed by atoms with E-state index in [4.69, 9.17) is 10.8 Å². The number of aromatic nitrogens is 1. The molecule has 31 heavy (non-hydrogen) atoms. The largest absolute Gasteiger partial charge is 0.465 e. The number of aliphatic hydroxyl groups excluding tert-OH is 1. The molecule has 0 fully saturated rings. The highest BCUT2D eigenvalue weighted by atomic mass is 16.4. The van der Waals surface area contributed by atoms with E-state index < -0.39 is 18.2 Å². The molecule has 0 saturated heterocycles. The number of pyridine rings is 1. The van der Waals surface area contributed by atoms with Gasteiger partial charge in [0.05, 0.1) is 17.8 Å². The first-order valence-electron chi connectivity index (χ1n) is 10.4. The van der Waals surface area contributed by atoms with E-state index in [9.17, 15) is 9.90 Å². The van der Waals surface area contributed by atoms with Crippen LogP contribution in [0.4, 0.5) is 4.79 Å². The highest BCUT2D eigenvalue weighted by Crippen LogP contribution is 2.19. The average Bonchev–Trinajstić information content (AvgIpc) is 2.75. The Morgan fingerprint density at radius 1 is 1.00 bits per heavy atom. The van der Waals surface area contributed by atoms with Gasteiger partial charge in [0.25, 0.3) is 0 Å². The predicted molar refractivity (Wildman–Crippen MR) is 122 cm³/mol. The molecule has 1 heterocycles. The molecular formula is C25H29N3O3. The maximum atomic E-state index is 11.2. The SMILES string of the molecule is Cc1ccc(-c2ccc(C[C@H](N)C[C@H](O)[C@H](Cc3ccccc3)NC(=O)O)cc2)nc1. The van der Waals surface area contributed by atoms with E-state index in [0.717, 1.165) is 27.9 Å². The summed E-state index contributed by atoms with van der Waals surface area (Å²) in [4.78, 5) is 15.6. The third-order valence-electron chi connectivity index (χ3n) is 5.27. The topological polar surface area (TPSA) is 108 Å². The van der Waals surface area contributed by atoms with Crippen molar-refractivity contribution in [3.8, 4) is 11.3 Å². The van der Waals surface area contributed by atoms with Crippen molar-refractivity contribution >= 4 is 6.09 Å². The number of nitrogens with two attached hydrogens (primary N) is 1. The van der Waals surface area contributed by atoms with Crippen LogP contribution in [0.25, 0.3) is 11.3 Å². The van der Waals surface area contributed by atoms with Crippen LogP contribution in [0.5, 0.6) is 0 Å². The molecule has 0 radical (unpaired) electrons. The molecule has 0 aliphatic rings. The summed E-state index contributed by atoms with van der Waals surface area (Å²) < 4.78 is 0. The molecule has 6 heteroatoms. The summed E-state index contributed by atoms with van der Waals surface area (Å²) in [5, 5.41) is 22.3. The zero-order valence-corrected chi connectivity index (χ0v) is 17.6. The monoisotopic (exact) mass is 419 g/mol. The van der Waals surface area contributed by atoms with Gasteiger partial charge in [0.1, 0.15) is 0 Å². The molecule has 3 atom stereocenters. The van der Waals surface area contributed by atoms with Crippen LogP contribution in [0.1, 0.15) is 23.1 Å². The molecule has 162 valence electrons. The summed E-state index contributed by atoms with van der Waals surface area (Å²) in [5.74, 6) is 0. The Bertz CT molecular complexity index is 960. The van der Waals surface area contributed by atoms with Crippen LogP contribution in [-0.4, -0.2) is 39.5 Å². The Hall–Kier alpha value is -3.22. The van der Waals surface area contributed by atoms with Crippen molar-refractivity contribution in [2.24, 2.45) is 5.73 Å². The number of nitrogens with zero attached hydrogens (tertiary/aromatic N) is 1. The maximum Gasteiger partial charge on any atom is 0.404 e. The molecule has 2 aromatic carbocycles. The van der Waals surface area contributed by atoms with Gasteiger partial charge >= 0.3 is 6.09 Å². The molecule has 3 aromatic rings. The standard InChI is InChI=1S/C25H29N3O3/c1-17-7-12-22(27-16-17)20-10-8-19(9-11-20)13-21(26)15-24(29)23(28-25(30)31)14-18-5-3-2-4-6-18/h2-12,16,21,23-24,28-29H,13-15,26H2,1H3,(H,30,31)/t21-,23-,24-/m0/s1. The Balaban J connectivity index is 1.59. The zero-order chi connectivity index (χ0) is 22.2. The van der Waals surface area contributed by atoms with Crippen LogP contribution in [0.3, 0.4) is 0 Å². The molecule has 0 unspecified atom stereocenters. The first-order valence-corrected chi connectivity index (χ1v) is 10.4. The number of nitrogens with one attached hydrogen (secondary N) is 1. The summed E-state index contributed by atoms with van der Waals surface area (Å²) in [6, 6.07) is 20.7. The van der Waals surface area contributed by atoms with Gasteiger partial charge in [0, 0.05) is 17.8 Å². The third-order valence-corrected chi connectivity index (χ3v) is 5.27. The Labute approximate surface area is 182 Å². The van der Waals surface area contributed by atoms with Crippen LogP contribution in [0, 0.1) is 6.92 Å². The lowest BCUT2D eigenvalue weighted by Crippen LogP contribution is -2.46. The van der Waals surface area contributed by atoms with Crippen molar-refractivity contribution in [3.05, 3.63) is 89.6 Å². The number of aryl methyl sites for hydroxylation is 1. The van der Waals surface area contributed by atoms with Crippen LogP contribution >= 0.6 is 0 Å². The van der Waals surface area contributed by atoms with Gasteiger partial charge in [-0.25, -0.2) is 4.79 Å². The predicted octanol–water partition coefficient (Wildman–Crippen LogP) is 3.56. The minimum atomic E-state index is -1.16. The van der Waals surface area contributed by atoms with E-state index in [-0.39, 0.29) is 6.04 Å². The zero-order valence-electron chi connectivity index (χ0n) is 17.6. The Morgan fingerprint density at radius 3 is 2.29 bits per heavy atom. The number of amides is 1. The molecule has 0 aliphatic heterocycles. The number of aliphatic hydroxyl groups is 1. The molecule has 0 aliphatic carbocycles. The summed E-state index contributed by atoms with van der Waals surface area (Å²) in [6.45, 7) is 2.01. The Kier molecular flexibility index (Phi) is 7.76. The molecule has 1 amide bonds. The summed E-state index contributed by atoms with van der Waals surface area (Å²) in [6.07, 6.45) is 1.08. The smallest absolute Gasteiger partial charge is 0.404 e. The highest BCUT2D eigenvalue weighted by molar-refractivity contribution is 5.65. The number of carbonyl (C=O) groups is 1. The van der Waals surface area contributed by atoms with E-state index in [1.807, 2.05) is 79.9 Å². The van der Waals surface area contributed by atoms with Gasteiger partial charge in [-0.15, -0.1) is 0 Å². The van der Waals surface area contributed by atoms with E-state index in [2.05, 4.69) is 10.3 Å². The number of rotatable bonds is 9. The van der Waals surface area contributed by atoms with Gasteiger partial charge in [0.2, 0.25) is 0 Å². The fourth-order valence-electron chi connectivity index (χ4n) is 3.62. The van der Waals surface area contributed by atoms with E-state index in [0.29, 0.717) is 19.3 Å². The molecule has 1 aromatic heterocycles. The lowest BCUT2D eigenvalue weighted by atomic mass is 9.94. The van der Waals surface area contributed by atoms with Crippen molar-refractivity contribution in [2.45, 2.75) is 44.4 Å². The number of hydrogen-bond donors (Lipinski definition) is 4. The van der Waals surface area contributed by atoms with Crippen molar-refractivity contribution in [1.82, 2.24) is 10.3 Å². The van der Waals surface area contributed by atoms with Crippen LogP contribution in [-0.2, 0) is 12.8 Å². The first kappa shape index (κ1) is 22.5. The van der Waals surface area contributed by atoms with Crippen molar-refractivity contribution in [2.75, 3.05) is 0 Å². The molecule has 6 nitrogen and oxygen atoms in total. The lowest BCUT2D eigenvalue weighted by Gasteiger charge is -2.25. The molecular weight excluding hydrogens is 390 g/mol. The number of carboxylic acid groups (broad SMARTS) is 1. The van der Waals surface area contributed by atoms with Gasteiger partial charge in [0.15, 0.2) is 0 Å². The van der Waals surface area contributed by atoms with Gasteiger partial charge in [-0.2, -0.15) is 0 Å². The van der Waals surface area contributed by atoms with Gasteiger partial charge in [-0.05, 0) is 48.9 Å². The van der Waals surface area contributed by atoms with E-state index >= 15 is 0 Å². The maximum absolute atomic E-state index is 11.2. The highest BCUT2D eigenvalue weighted by Gasteiger charge is 2.24. The minimum Gasteiger partial charge on any atom is -0.465 e. The quantitative estimate of drug-likeness (QED) is 0.424. The number of benzene rings is 2. The second-order valence-corrected chi connectivity index (χ2v) is 7.93. The fourth-order valence-corrected chi connectivity index (χ4v) is 3.62. The molecule has 3 rings (SSSR count). The van der Waals surface area contributed by atoms with Crippen LogP contribution in [0.2, 0.25) is 0 Å². The second kappa shape index (κ2) is 10.7. The van der Waals surface area contributed by atoms with Gasteiger partial charge in [-0.1, -0.05) is 60.7 Å². The molecule has 0 bridgehead atoms. The number of hydrogen-bond acceptors (Lipinski definition) is 4. The van der Waals surface area contributed by atoms with Crippen molar-refractivity contribution < 1.29 is 15.0 Å².